The van der Waals surface area contributed by atoms with E-state index in [1.54, 1.807) is 0 Å². The quantitative estimate of drug-likeness (QED) is 0.865. The van der Waals surface area contributed by atoms with E-state index in [1.165, 1.54) is 42.6 Å². The van der Waals surface area contributed by atoms with Gasteiger partial charge in [-0.1, -0.05) is 23.8 Å². The van der Waals surface area contributed by atoms with Crippen molar-refractivity contribution in [3.05, 3.63) is 34.9 Å². The minimum Gasteiger partial charge on any atom is -0.329 e. The second kappa shape index (κ2) is 7.21. The summed E-state index contributed by atoms with van der Waals surface area (Å²) in [6, 6.07) is 7.01. The lowest BCUT2D eigenvalue weighted by Gasteiger charge is -2.30. The molecule has 0 aliphatic carbocycles. The van der Waals surface area contributed by atoms with Crippen LogP contribution in [0.4, 0.5) is 0 Å². The minimum atomic E-state index is 0.331. The molecule has 1 aliphatic heterocycles. The smallest absolute Gasteiger partial charge is 0.0470 e. The van der Waals surface area contributed by atoms with Gasteiger partial charge in [0, 0.05) is 25.7 Å². The third kappa shape index (κ3) is 3.81. The van der Waals surface area contributed by atoms with E-state index in [0.717, 1.165) is 13.1 Å². The van der Waals surface area contributed by atoms with E-state index in [9.17, 15) is 0 Å². The summed E-state index contributed by atoms with van der Waals surface area (Å²) in [5.41, 5.74) is 10.1. The van der Waals surface area contributed by atoms with Crippen LogP contribution in [0.15, 0.2) is 18.2 Å². The summed E-state index contributed by atoms with van der Waals surface area (Å²) in [6.07, 6.45) is 2.72. The molecule has 1 unspecified atom stereocenters. The molecular formula is C17H29N3. The Morgan fingerprint density at radius 3 is 2.60 bits per heavy atom. The molecule has 0 saturated carbocycles. The van der Waals surface area contributed by atoms with Crippen LogP contribution in [0.2, 0.25) is 0 Å². The van der Waals surface area contributed by atoms with Crippen LogP contribution in [0, 0.1) is 13.8 Å². The normalized spacial score (nSPS) is 17.9. The first-order valence-corrected chi connectivity index (χ1v) is 7.81. The van der Waals surface area contributed by atoms with Crippen molar-refractivity contribution in [1.29, 1.82) is 0 Å². The molecule has 0 bridgehead atoms. The number of benzene rings is 1. The molecule has 0 aromatic heterocycles. The Hall–Kier alpha value is -0.900. The van der Waals surface area contributed by atoms with Gasteiger partial charge in [-0.3, -0.25) is 4.90 Å². The Balaban J connectivity index is 2.00. The van der Waals surface area contributed by atoms with Gasteiger partial charge in [0.1, 0.15) is 0 Å². The molecule has 0 radical (unpaired) electrons. The van der Waals surface area contributed by atoms with E-state index in [0.29, 0.717) is 12.6 Å². The summed E-state index contributed by atoms with van der Waals surface area (Å²) in [6.45, 7) is 9.82. The van der Waals surface area contributed by atoms with Crippen molar-refractivity contribution in [2.45, 2.75) is 32.7 Å². The molecule has 1 aliphatic rings. The number of nitrogens with zero attached hydrogens (tertiary/aromatic N) is 2. The summed E-state index contributed by atoms with van der Waals surface area (Å²) >= 11 is 0. The van der Waals surface area contributed by atoms with Crippen molar-refractivity contribution in [3.63, 3.8) is 0 Å². The van der Waals surface area contributed by atoms with Gasteiger partial charge in [-0.15, -0.1) is 0 Å². The highest BCUT2D eigenvalue weighted by molar-refractivity contribution is 5.33. The topological polar surface area (TPSA) is 32.5 Å². The molecular weight excluding hydrogens is 246 g/mol. The fourth-order valence-electron chi connectivity index (χ4n) is 3.12. The lowest BCUT2D eigenvalue weighted by Crippen LogP contribution is -2.37. The molecule has 1 saturated heterocycles. The fraction of sp³-hybridized carbons (Fsp3) is 0.647. The zero-order chi connectivity index (χ0) is 14.5. The van der Waals surface area contributed by atoms with Crippen molar-refractivity contribution >= 4 is 0 Å². The second-order valence-electron chi connectivity index (χ2n) is 6.14. The molecule has 0 spiro atoms. The molecule has 1 atom stereocenters. The monoisotopic (exact) mass is 275 g/mol. The standard InChI is InChI=1S/C17H29N3/c1-14-6-7-15(2)16(12-14)17(13-18)19(3)10-11-20-8-4-5-9-20/h6-7,12,17H,4-5,8-11,13,18H2,1-3H3. The molecule has 2 N–H and O–H groups in total. The summed E-state index contributed by atoms with van der Waals surface area (Å²) in [5.74, 6) is 0. The summed E-state index contributed by atoms with van der Waals surface area (Å²) in [7, 11) is 2.20. The van der Waals surface area contributed by atoms with Crippen LogP contribution in [0.1, 0.15) is 35.6 Å². The van der Waals surface area contributed by atoms with E-state index >= 15 is 0 Å². The third-order valence-electron chi connectivity index (χ3n) is 4.52. The maximum atomic E-state index is 6.05. The van der Waals surface area contributed by atoms with Gasteiger partial charge in [0.05, 0.1) is 0 Å². The van der Waals surface area contributed by atoms with E-state index in [-0.39, 0.29) is 0 Å². The molecule has 1 fully saturated rings. The largest absolute Gasteiger partial charge is 0.329 e. The number of rotatable bonds is 6. The van der Waals surface area contributed by atoms with Gasteiger partial charge in [0.25, 0.3) is 0 Å². The van der Waals surface area contributed by atoms with Gasteiger partial charge in [0.15, 0.2) is 0 Å². The Morgan fingerprint density at radius 2 is 1.95 bits per heavy atom. The van der Waals surface area contributed by atoms with Crippen LogP contribution in [-0.4, -0.2) is 49.6 Å². The predicted octanol–water partition coefficient (Wildman–Crippen LogP) is 2.33. The number of nitrogens with two attached hydrogens (primary N) is 1. The maximum Gasteiger partial charge on any atom is 0.0470 e. The molecule has 0 amide bonds. The number of aryl methyl sites for hydroxylation is 2. The molecule has 3 heteroatoms. The van der Waals surface area contributed by atoms with Crippen LogP contribution in [0.5, 0.6) is 0 Å². The van der Waals surface area contributed by atoms with Crippen LogP contribution < -0.4 is 5.73 Å². The van der Waals surface area contributed by atoms with Gasteiger partial charge < -0.3 is 10.6 Å². The van der Waals surface area contributed by atoms with Crippen LogP contribution in [0.3, 0.4) is 0 Å². The van der Waals surface area contributed by atoms with Crippen molar-refractivity contribution in [2.75, 3.05) is 39.8 Å². The summed E-state index contributed by atoms with van der Waals surface area (Å²) < 4.78 is 0. The fourth-order valence-corrected chi connectivity index (χ4v) is 3.12. The first-order valence-electron chi connectivity index (χ1n) is 7.81. The SMILES string of the molecule is Cc1ccc(C)c(C(CN)N(C)CCN2CCCC2)c1. The molecule has 1 heterocycles. The van der Waals surface area contributed by atoms with Crippen LogP contribution in [0.25, 0.3) is 0 Å². The van der Waals surface area contributed by atoms with Gasteiger partial charge in [-0.25, -0.2) is 0 Å². The first-order chi connectivity index (χ1) is 9.61. The molecule has 1 aromatic carbocycles. The van der Waals surface area contributed by atoms with Gasteiger partial charge in [0.2, 0.25) is 0 Å². The number of likely N-dealkylation sites (N-methyl/N-ethyl adjacent to an activating group) is 1. The zero-order valence-electron chi connectivity index (χ0n) is 13.2. The van der Waals surface area contributed by atoms with Crippen molar-refractivity contribution in [2.24, 2.45) is 5.73 Å². The van der Waals surface area contributed by atoms with Crippen LogP contribution >= 0.6 is 0 Å². The highest BCUT2D eigenvalue weighted by Crippen LogP contribution is 2.23. The van der Waals surface area contributed by atoms with Crippen molar-refractivity contribution in [3.8, 4) is 0 Å². The number of hydrogen-bond donors (Lipinski definition) is 1. The minimum absolute atomic E-state index is 0.331. The van der Waals surface area contributed by atoms with E-state index in [2.05, 4.69) is 48.9 Å². The van der Waals surface area contributed by atoms with Gasteiger partial charge in [-0.05, 0) is 58.0 Å². The molecule has 3 nitrogen and oxygen atoms in total. The Morgan fingerprint density at radius 1 is 1.25 bits per heavy atom. The lowest BCUT2D eigenvalue weighted by molar-refractivity contribution is 0.209. The third-order valence-corrected chi connectivity index (χ3v) is 4.52. The Kier molecular flexibility index (Phi) is 5.58. The summed E-state index contributed by atoms with van der Waals surface area (Å²) in [4.78, 5) is 4.98. The van der Waals surface area contributed by atoms with E-state index in [1.807, 2.05) is 0 Å². The number of likely N-dealkylation sites (tertiary alicyclic amines) is 1. The molecule has 112 valence electrons. The Bertz CT molecular complexity index is 424. The Labute approximate surface area is 123 Å². The average Bonchev–Trinajstić information content (AvgIpc) is 2.94. The highest BCUT2D eigenvalue weighted by atomic mass is 15.2. The molecule has 20 heavy (non-hydrogen) atoms. The van der Waals surface area contributed by atoms with Gasteiger partial charge >= 0.3 is 0 Å². The summed E-state index contributed by atoms with van der Waals surface area (Å²) in [5, 5.41) is 0. The van der Waals surface area contributed by atoms with E-state index in [4.69, 9.17) is 5.73 Å². The predicted molar refractivity (Wildman–Crippen MR) is 86.0 cm³/mol. The zero-order valence-corrected chi connectivity index (χ0v) is 13.2. The first kappa shape index (κ1) is 15.5. The van der Waals surface area contributed by atoms with Crippen molar-refractivity contribution < 1.29 is 0 Å². The lowest BCUT2D eigenvalue weighted by atomic mass is 9.98. The van der Waals surface area contributed by atoms with Crippen molar-refractivity contribution in [1.82, 2.24) is 9.80 Å². The molecule has 1 aromatic rings. The van der Waals surface area contributed by atoms with E-state index < -0.39 is 0 Å². The average molecular weight is 275 g/mol. The molecule has 2 rings (SSSR count). The highest BCUT2D eigenvalue weighted by Gasteiger charge is 2.19. The van der Waals surface area contributed by atoms with Gasteiger partial charge in [-0.2, -0.15) is 0 Å². The second-order valence-corrected chi connectivity index (χ2v) is 6.14. The van der Waals surface area contributed by atoms with Crippen LogP contribution in [-0.2, 0) is 0 Å². The number of hydrogen-bond acceptors (Lipinski definition) is 3. The maximum absolute atomic E-state index is 6.05.